The van der Waals surface area contributed by atoms with Crippen molar-refractivity contribution in [2.75, 3.05) is 0 Å². The maximum absolute atomic E-state index is 14.8. The summed E-state index contributed by atoms with van der Waals surface area (Å²) in [5.74, 6) is -7.65. The highest BCUT2D eigenvalue weighted by atomic mass is 19.4. The predicted octanol–water partition coefficient (Wildman–Crippen LogP) is 8.55. The van der Waals surface area contributed by atoms with Gasteiger partial charge in [0.15, 0.2) is 5.82 Å². The lowest BCUT2D eigenvalue weighted by Gasteiger charge is -2.20. The van der Waals surface area contributed by atoms with Crippen LogP contribution in [0.3, 0.4) is 0 Å². The predicted molar refractivity (Wildman–Crippen MR) is 118 cm³/mol. The van der Waals surface area contributed by atoms with Crippen molar-refractivity contribution >= 4 is 10.8 Å². The highest BCUT2D eigenvalue weighted by Crippen LogP contribution is 2.39. The Morgan fingerprint density at radius 3 is 1.87 bits per heavy atom. The van der Waals surface area contributed by atoms with E-state index in [9.17, 15) is 43.9 Å². The first-order valence-corrected chi connectivity index (χ1v) is 10.5. The highest BCUT2D eigenvalue weighted by Gasteiger charge is 2.41. The zero-order valence-corrected chi connectivity index (χ0v) is 18.9. The first kappa shape index (κ1) is 26.9. The van der Waals surface area contributed by atoms with E-state index in [4.69, 9.17) is 0 Å². The molecular weight excluding hydrogens is 530 g/mol. The second-order valence-electron chi connectivity index (χ2n) is 8.10. The molecule has 0 amide bonds. The molecule has 0 spiro atoms. The quantitative estimate of drug-likeness (QED) is 0.186. The van der Waals surface area contributed by atoms with E-state index in [1.54, 1.807) is 19.1 Å². The van der Waals surface area contributed by atoms with Gasteiger partial charge in [0.1, 0.15) is 34.6 Å². The number of rotatable bonds is 4. The summed E-state index contributed by atoms with van der Waals surface area (Å²) in [5.41, 5.74) is -2.07. The minimum atomic E-state index is -5.10. The van der Waals surface area contributed by atoms with Gasteiger partial charge < -0.3 is 4.74 Å². The molecule has 4 aromatic carbocycles. The van der Waals surface area contributed by atoms with Gasteiger partial charge in [-0.1, -0.05) is 35.7 Å². The summed E-state index contributed by atoms with van der Waals surface area (Å²) in [4.78, 5) is 0. The maximum Gasteiger partial charge on any atom is 0.458 e. The summed E-state index contributed by atoms with van der Waals surface area (Å²) in [6.45, 7) is 1.77. The van der Waals surface area contributed by atoms with Gasteiger partial charge in [0.05, 0.1) is 10.9 Å². The molecule has 1 nitrogen and oxygen atoms in total. The van der Waals surface area contributed by atoms with Crippen LogP contribution in [0.25, 0.3) is 21.9 Å². The van der Waals surface area contributed by atoms with Crippen LogP contribution in [0.1, 0.15) is 16.7 Å². The summed E-state index contributed by atoms with van der Waals surface area (Å²) >= 11 is 0. The monoisotopic (exact) mass is 542 g/mol. The average molecular weight is 542 g/mol. The Bertz CT molecular complexity index is 1590. The summed E-state index contributed by atoms with van der Waals surface area (Å²) in [6, 6.07) is 8.70. The molecule has 0 bridgehead atoms. The number of hydrogen-bond donors (Lipinski definition) is 0. The van der Waals surface area contributed by atoms with Gasteiger partial charge in [-0.3, -0.25) is 0 Å². The molecule has 4 rings (SSSR count). The van der Waals surface area contributed by atoms with Crippen molar-refractivity contribution in [3.8, 4) is 28.7 Å². The van der Waals surface area contributed by atoms with Crippen molar-refractivity contribution in [2.45, 2.75) is 19.2 Å². The molecule has 11 heteroatoms. The van der Waals surface area contributed by atoms with Gasteiger partial charge in [-0.25, -0.2) is 22.0 Å². The van der Waals surface area contributed by atoms with Crippen molar-refractivity contribution in [1.82, 2.24) is 0 Å². The van der Waals surface area contributed by atoms with Crippen LogP contribution in [0.2, 0.25) is 0 Å². The van der Waals surface area contributed by atoms with Gasteiger partial charge in [0.25, 0.3) is 0 Å². The first-order valence-electron chi connectivity index (χ1n) is 10.5. The number of halogens is 10. The molecule has 0 unspecified atom stereocenters. The van der Waals surface area contributed by atoms with Crippen LogP contribution < -0.4 is 4.74 Å². The van der Waals surface area contributed by atoms with Crippen molar-refractivity contribution in [3.05, 3.63) is 100 Å². The Morgan fingerprint density at radius 2 is 1.29 bits per heavy atom. The molecule has 0 aliphatic rings. The molecule has 0 aliphatic carbocycles. The Hall–Kier alpha value is -4.20. The summed E-state index contributed by atoms with van der Waals surface area (Å²) in [5, 5.41) is -1.78. The van der Waals surface area contributed by atoms with E-state index in [1.807, 2.05) is 0 Å². The molecular formula is C27H12F10O. The van der Waals surface area contributed by atoms with E-state index < -0.39 is 69.0 Å². The molecule has 0 heterocycles. The SMILES string of the molecule is Cc1ccc(-c2cc(F)c(C(F)(F)Oc3cc(F)c4c(F)c(C#CC(F)(F)F)c(F)cc4c3)c(F)c2)cc1. The maximum atomic E-state index is 14.8. The Kier molecular flexibility index (Phi) is 6.78. The fraction of sp³-hybridized carbons (Fsp3) is 0.111. The van der Waals surface area contributed by atoms with E-state index in [-0.39, 0.29) is 11.6 Å². The van der Waals surface area contributed by atoms with Crippen molar-refractivity contribution < 1.29 is 48.6 Å². The molecule has 0 aromatic heterocycles. The third kappa shape index (κ3) is 5.39. The minimum Gasteiger partial charge on any atom is -0.429 e. The fourth-order valence-corrected chi connectivity index (χ4v) is 3.66. The second-order valence-corrected chi connectivity index (χ2v) is 8.10. The third-order valence-corrected chi connectivity index (χ3v) is 5.35. The standard InChI is InChI=1S/C27H12F10O/c1-13-2-4-14(5-3-13)15-9-21(30)24(22(31)10-15)27(36,37)38-17-8-16-11-19(28)18(6-7-26(33,34)35)25(32)23(16)20(29)12-17/h2-5,8-12H,1H3. The fourth-order valence-electron chi connectivity index (χ4n) is 3.66. The van der Waals surface area contributed by atoms with Crippen LogP contribution in [-0.2, 0) is 6.11 Å². The lowest BCUT2D eigenvalue weighted by Crippen LogP contribution is -2.25. The number of alkyl halides is 5. The van der Waals surface area contributed by atoms with Gasteiger partial charge >= 0.3 is 12.3 Å². The van der Waals surface area contributed by atoms with Crippen LogP contribution in [-0.4, -0.2) is 6.18 Å². The second kappa shape index (κ2) is 9.59. The number of fused-ring (bicyclic) bond motifs is 1. The van der Waals surface area contributed by atoms with Crippen LogP contribution in [0.15, 0.2) is 54.6 Å². The van der Waals surface area contributed by atoms with Gasteiger partial charge in [-0.2, -0.15) is 22.0 Å². The first-order chi connectivity index (χ1) is 17.7. The lowest BCUT2D eigenvalue weighted by atomic mass is 10.0. The summed E-state index contributed by atoms with van der Waals surface area (Å²) < 4.78 is 144. The Balaban J connectivity index is 1.73. The van der Waals surface area contributed by atoms with Gasteiger partial charge in [0, 0.05) is 12.0 Å². The van der Waals surface area contributed by atoms with E-state index in [0.717, 1.165) is 5.56 Å². The molecule has 0 fully saturated rings. The van der Waals surface area contributed by atoms with E-state index in [0.29, 0.717) is 35.7 Å². The molecule has 0 atom stereocenters. The molecule has 0 radical (unpaired) electrons. The van der Waals surface area contributed by atoms with Crippen LogP contribution in [0, 0.1) is 47.9 Å². The number of ether oxygens (including phenoxy) is 1. The van der Waals surface area contributed by atoms with Crippen LogP contribution >= 0.6 is 0 Å². The Labute approximate surface area is 208 Å². The summed E-state index contributed by atoms with van der Waals surface area (Å²) in [6.07, 6.45) is -9.81. The van der Waals surface area contributed by atoms with Crippen LogP contribution in [0.5, 0.6) is 5.75 Å². The molecule has 0 saturated heterocycles. The molecule has 38 heavy (non-hydrogen) atoms. The van der Waals surface area contributed by atoms with Gasteiger partial charge in [-0.05, 0) is 47.7 Å². The normalized spacial score (nSPS) is 11.9. The minimum absolute atomic E-state index is 0.0494. The van der Waals surface area contributed by atoms with Crippen molar-refractivity contribution in [1.29, 1.82) is 0 Å². The van der Waals surface area contributed by atoms with Crippen molar-refractivity contribution in [2.24, 2.45) is 0 Å². The van der Waals surface area contributed by atoms with Gasteiger partial charge in [0.2, 0.25) is 0 Å². The van der Waals surface area contributed by atoms with Crippen molar-refractivity contribution in [3.63, 3.8) is 0 Å². The molecule has 4 aromatic rings. The van der Waals surface area contributed by atoms with E-state index in [2.05, 4.69) is 4.74 Å². The largest absolute Gasteiger partial charge is 0.458 e. The highest BCUT2D eigenvalue weighted by molar-refractivity contribution is 5.87. The van der Waals surface area contributed by atoms with E-state index in [1.165, 1.54) is 18.1 Å². The zero-order valence-electron chi connectivity index (χ0n) is 18.9. The van der Waals surface area contributed by atoms with Gasteiger partial charge in [-0.15, -0.1) is 0 Å². The summed E-state index contributed by atoms with van der Waals surface area (Å²) in [7, 11) is 0. The lowest BCUT2D eigenvalue weighted by molar-refractivity contribution is -0.189. The number of benzene rings is 4. The number of aryl methyl sites for hydroxylation is 1. The van der Waals surface area contributed by atoms with E-state index >= 15 is 0 Å². The average Bonchev–Trinajstić information content (AvgIpc) is 2.77. The molecule has 196 valence electrons. The van der Waals surface area contributed by atoms with Crippen LogP contribution in [0.4, 0.5) is 43.9 Å². The molecule has 0 saturated carbocycles. The third-order valence-electron chi connectivity index (χ3n) is 5.35. The Morgan fingerprint density at radius 1 is 0.684 bits per heavy atom. The molecule has 0 N–H and O–H groups in total. The smallest absolute Gasteiger partial charge is 0.429 e. The molecule has 0 aliphatic heterocycles. The zero-order chi connectivity index (χ0) is 28.0. The number of hydrogen-bond acceptors (Lipinski definition) is 1. The topological polar surface area (TPSA) is 9.23 Å².